The molecule has 0 aliphatic heterocycles. The smallest absolute Gasteiger partial charge is 0.422 e. The average Bonchev–Trinajstić information content (AvgIpc) is 2.96. The second-order valence-corrected chi connectivity index (χ2v) is 6.84. The van der Waals surface area contributed by atoms with Crippen LogP contribution in [0.4, 0.5) is 13.2 Å². The largest absolute Gasteiger partial charge is 0.455 e. The highest BCUT2D eigenvalue weighted by molar-refractivity contribution is 6.35. The molecular formula is C16H13Cl2F3N4O3. The van der Waals surface area contributed by atoms with Crippen LogP contribution < -0.4 is 16.0 Å². The van der Waals surface area contributed by atoms with E-state index in [0.29, 0.717) is 10.6 Å². The maximum atomic E-state index is 12.6. The zero-order valence-corrected chi connectivity index (χ0v) is 16.1. The lowest BCUT2D eigenvalue weighted by atomic mass is 10.2. The number of hydrogen-bond acceptors (Lipinski definition) is 4. The summed E-state index contributed by atoms with van der Waals surface area (Å²) in [6.07, 6.45) is -4.61. The van der Waals surface area contributed by atoms with Crippen molar-refractivity contribution in [3.63, 3.8) is 0 Å². The zero-order valence-electron chi connectivity index (χ0n) is 14.5. The Morgan fingerprint density at radius 3 is 2.43 bits per heavy atom. The molecule has 0 N–H and O–H groups in total. The molecule has 1 aromatic carbocycles. The summed E-state index contributed by atoms with van der Waals surface area (Å²) in [5.74, 6) is 0. The van der Waals surface area contributed by atoms with Gasteiger partial charge in [0.05, 0.1) is 6.54 Å². The molecule has 0 amide bonds. The Balaban J connectivity index is 2.24. The van der Waals surface area contributed by atoms with Crippen LogP contribution in [0.2, 0.25) is 10.0 Å². The summed E-state index contributed by atoms with van der Waals surface area (Å²) in [7, 11) is 2.61. The first-order valence-electron chi connectivity index (χ1n) is 7.79. The number of fused-ring (bicyclic) bond motifs is 1. The molecule has 12 heteroatoms. The molecule has 0 aliphatic carbocycles. The maximum Gasteiger partial charge on any atom is 0.422 e. The van der Waals surface area contributed by atoms with Gasteiger partial charge in [0.1, 0.15) is 0 Å². The Kier molecular flexibility index (Phi) is 5.20. The fourth-order valence-corrected chi connectivity index (χ4v) is 3.12. The fourth-order valence-electron chi connectivity index (χ4n) is 2.65. The molecule has 0 saturated carbocycles. The minimum absolute atomic E-state index is 0.0900. The van der Waals surface area contributed by atoms with Crippen molar-refractivity contribution in [2.24, 2.45) is 14.1 Å². The van der Waals surface area contributed by atoms with Gasteiger partial charge in [0.15, 0.2) is 17.8 Å². The molecule has 3 rings (SSSR count). The first-order chi connectivity index (χ1) is 13.0. The Morgan fingerprint density at radius 2 is 1.82 bits per heavy atom. The number of halogens is 5. The number of imidazole rings is 1. The Labute approximate surface area is 165 Å². The third-order valence-electron chi connectivity index (χ3n) is 4.02. The van der Waals surface area contributed by atoms with Crippen molar-refractivity contribution in [2.75, 3.05) is 6.61 Å². The van der Waals surface area contributed by atoms with E-state index in [2.05, 4.69) is 4.98 Å². The highest BCUT2D eigenvalue weighted by Gasteiger charge is 2.30. The van der Waals surface area contributed by atoms with Crippen LogP contribution in [0.5, 0.6) is 6.01 Å². The van der Waals surface area contributed by atoms with Crippen LogP contribution in [0.25, 0.3) is 11.2 Å². The van der Waals surface area contributed by atoms with Gasteiger partial charge in [-0.15, -0.1) is 0 Å². The van der Waals surface area contributed by atoms with Crippen molar-refractivity contribution < 1.29 is 17.9 Å². The van der Waals surface area contributed by atoms with Gasteiger partial charge in [-0.3, -0.25) is 18.5 Å². The Morgan fingerprint density at radius 1 is 1.14 bits per heavy atom. The predicted octanol–water partition coefficient (Wildman–Crippen LogP) is 2.73. The number of aryl methyl sites for hydroxylation is 1. The molecule has 0 saturated heterocycles. The lowest BCUT2D eigenvalue weighted by molar-refractivity contribution is -0.155. The Bertz CT molecular complexity index is 1180. The quantitative estimate of drug-likeness (QED) is 0.630. The second-order valence-electron chi connectivity index (χ2n) is 6.00. The summed E-state index contributed by atoms with van der Waals surface area (Å²) in [4.78, 5) is 28.7. The molecule has 0 fully saturated rings. The molecule has 0 bridgehead atoms. The van der Waals surface area contributed by atoms with Crippen LogP contribution in [0, 0.1) is 0 Å². The van der Waals surface area contributed by atoms with Gasteiger partial charge in [-0.2, -0.15) is 18.2 Å². The number of benzene rings is 1. The van der Waals surface area contributed by atoms with E-state index < -0.39 is 30.0 Å². The minimum Gasteiger partial charge on any atom is -0.455 e. The summed E-state index contributed by atoms with van der Waals surface area (Å²) >= 11 is 12.0. The molecule has 2 heterocycles. The van der Waals surface area contributed by atoms with Gasteiger partial charge in [-0.05, 0) is 17.7 Å². The number of ether oxygens (including phenoxy) is 1. The van der Waals surface area contributed by atoms with E-state index in [4.69, 9.17) is 27.9 Å². The number of alkyl halides is 3. The SMILES string of the molecule is Cn1c(=O)c2c(nc(OCC(F)(F)F)n2Cc2ccc(Cl)cc2Cl)n(C)c1=O. The summed E-state index contributed by atoms with van der Waals surface area (Å²) in [5, 5.41) is 0.619. The molecule has 3 aromatic rings. The van der Waals surface area contributed by atoms with Crippen molar-refractivity contribution in [3.8, 4) is 6.01 Å². The number of aromatic nitrogens is 4. The molecule has 0 radical (unpaired) electrons. The van der Waals surface area contributed by atoms with E-state index in [-0.39, 0.29) is 22.7 Å². The number of hydrogen-bond donors (Lipinski definition) is 0. The lowest BCUT2D eigenvalue weighted by Crippen LogP contribution is -2.37. The second kappa shape index (κ2) is 7.17. The van der Waals surface area contributed by atoms with E-state index in [1.807, 2.05) is 0 Å². The maximum absolute atomic E-state index is 12.6. The topological polar surface area (TPSA) is 71.1 Å². The van der Waals surface area contributed by atoms with Gasteiger partial charge in [0.2, 0.25) is 0 Å². The average molecular weight is 437 g/mol. The van der Waals surface area contributed by atoms with E-state index in [0.717, 1.165) is 13.7 Å². The van der Waals surface area contributed by atoms with E-state index >= 15 is 0 Å². The third-order valence-corrected chi connectivity index (χ3v) is 4.61. The summed E-state index contributed by atoms with van der Waals surface area (Å²) < 4.78 is 45.7. The molecule has 150 valence electrons. The van der Waals surface area contributed by atoms with Crippen LogP contribution in [-0.2, 0) is 20.6 Å². The van der Waals surface area contributed by atoms with Gasteiger partial charge in [0, 0.05) is 24.1 Å². The molecule has 0 atom stereocenters. The van der Waals surface area contributed by atoms with E-state index in [1.165, 1.54) is 20.2 Å². The predicted molar refractivity (Wildman–Crippen MR) is 97.3 cm³/mol. The summed E-state index contributed by atoms with van der Waals surface area (Å²) in [6, 6.07) is 4.11. The summed E-state index contributed by atoms with van der Waals surface area (Å²) in [5.41, 5.74) is -1.12. The molecule has 28 heavy (non-hydrogen) atoms. The van der Waals surface area contributed by atoms with Crippen LogP contribution >= 0.6 is 23.2 Å². The van der Waals surface area contributed by atoms with Crippen LogP contribution in [-0.4, -0.2) is 31.5 Å². The fraction of sp³-hybridized carbons (Fsp3) is 0.312. The zero-order chi connectivity index (χ0) is 20.8. The van der Waals surface area contributed by atoms with Crippen molar-refractivity contribution in [3.05, 3.63) is 54.6 Å². The standard InChI is InChI=1S/C16H13Cl2F3N4O3/c1-23-12-11(13(26)24(2)15(23)27)25(14(22-12)28-7-16(19,20)21)6-8-3-4-9(17)5-10(8)18/h3-5H,6-7H2,1-2H3. The highest BCUT2D eigenvalue weighted by atomic mass is 35.5. The van der Waals surface area contributed by atoms with Crippen molar-refractivity contribution in [1.82, 2.24) is 18.7 Å². The van der Waals surface area contributed by atoms with Gasteiger partial charge < -0.3 is 4.74 Å². The third kappa shape index (κ3) is 3.74. The van der Waals surface area contributed by atoms with Crippen LogP contribution in [0.15, 0.2) is 27.8 Å². The summed E-state index contributed by atoms with van der Waals surface area (Å²) in [6.45, 7) is -1.73. The highest BCUT2D eigenvalue weighted by Crippen LogP contribution is 2.26. The first-order valence-corrected chi connectivity index (χ1v) is 8.55. The monoisotopic (exact) mass is 436 g/mol. The molecule has 0 spiro atoms. The lowest BCUT2D eigenvalue weighted by Gasteiger charge is -2.12. The molecule has 2 aromatic heterocycles. The van der Waals surface area contributed by atoms with Crippen molar-refractivity contribution in [2.45, 2.75) is 12.7 Å². The minimum atomic E-state index is -4.61. The van der Waals surface area contributed by atoms with Crippen LogP contribution in [0.1, 0.15) is 5.56 Å². The van der Waals surface area contributed by atoms with E-state index in [9.17, 15) is 22.8 Å². The molecule has 0 unspecified atom stereocenters. The van der Waals surface area contributed by atoms with Crippen molar-refractivity contribution in [1.29, 1.82) is 0 Å². The number of rotatable bonds is 4. The first kappa shape index (κ1) is 20.3. The van der Waals surface area contributed by atoms with Gasteiger partial charge in [-0.1, -0.05) is 29.3 Å². The normalized spacial score (nSPS) is 12.0. The molecular weight excluding hydrogens is 424 g/mol. The van der Waals surface area contributed by atoms with Gasteiger partial charge >= 0.3 is 11.9 Å². The van der Waals surface area contributed by atoms with Gasteiger partial charge in [0.25, 0.3) is 11.6 Å². The van der Waals surface area contributed by atoms with Crippen LogP contribution in [0.3, 0.4) is 0 Å². The number of nitrogens with zero attached hydrogens (tertiary/aromatic N) is 4. The van der Waals surface area contributed by atoms with E-state index in [1.54, 1.807) is 12.1 Å². The Hall–Kier alpha value is -2.46. The van der Waals surface area contributed by atoms with Crippen molar-refractivity contribution >= 4 is 34.4 Å². The molecule has 7 nitrogen and oxygen atoms in total. The molecule has 0 aliphatic rings. The van der Waals surface area contributed by atoms with Gasteiger partial charge in [-0.25, -0.2) is 4.79 Å².